The van der Waals surface area contributed by atoms with E-state index in [1.807, 2.05) is 6.92 Å². The Hall–Kier alpha value is -2.02. The summed E-state index contributed by atoms with van der Waals surface area (Å²) < 4.78 is 52.7. The summed E-state index contributed by atoms with van der Waals surface area (Å²) in [7, 11) is 1.55. The first kappa shape index (κ1) is 22.0. The summed E-state index contributed by atoms with van der Waals surface area (Å²) in [6.45, 7) is 3.76. The van der Waals surface area contributed by atoms with Crippen LogP contribution in [0.2, 0.25) is 0 Å². The van der Waals surface area contributed by atoms with Crippen molar-refractivity contribution in [3.63, 3.8) is 0 Å². The van der Waals surface area contributed by atoms with Crippen LogP contribution in [0.15, 0.2) is 36.4 Å². The van der Waals surface area contributed by atoms with Crippen molar-refractivity contribution in [2.75, 3.05) is 7.11 Å². The number of methoxy groups -OCH3 is 1. The number of carbonyl (C=O) groups is 1. The van der Waals surface area contributed by atoms with Gasteiger partial charge in [0.05, 0.1) is 19.8 Å². The van der Waals surface area contributed by atoms with E-state index in [1.165, 1.54) is 6.08 Å². The second kappa shape index (κ2) is 10.9. The minimum Gasteiger partial charge on any atom is -0.497 e. The molecule has 0 unspecified atom stereocenters. The first-order valence-corrected chi connectivity index (χ1v) is 8.47. The predicted octanol–water partition coefficient (Wildman–Crippen LogP) is 4.82. The van der Waals surface area contributed by atoms with Crippen LogP contribution in [0.25, 0.3) is 0 Å². The quantitative estimate of drug-likeness (QED) is 0.335. The molecule has 0 aliphatic carbocycles. The number of unbranched alkanes of at least 4 members (excludes halogenated alkanes) is 2. The van der Waals surface area contributed by atoms with Gasteiger partial charge in [-0.3, -0.25) is 0 Å². The van der Waals surface area contributed by atoms with Crippen molar-refractivity contribution in [1.29, 1.82) is 0 Å². The molecule has 1 aromatic rings. The molecule has 0 saturated carbocycles. The number of esters is 1. The van der Waals surface area contributed by atoms with Gasteiger partial charge in [0.15, 0.2) is 0 Å². The van der Waals surface area contributed by atoms with Gasteiger partial charge in [0.25, 0.3) is 0 Å². The van der Waals surface area contributed by atoms with Crippen LogP contribution < -0.4 is 4.74 Å². The third-order valence-corrected chi connectivity index (χ3v) is 3.66. The zero-order chi connectivity index (χ0) is 19.6. The molecule has 1 rings (SSSR count). The molecule has 0 aromatic heterocycles. The highest BCUT2D eigenvalue weighted by Crippen LogP contribution is 2.20. The zero-order valence-electron chi connectivity index (χ0n) is 15.2. The summed E-state index contributed by atoms with van der Waals surface area (Å²) in [4.78, 5) is 11.2. The van der Waals surface area contributed by atoms with Crippen LogP contribution in [0, 0.1) is 0 Å². The Labute approximate surface area is 151 Å². The highest BCUT2D eigenvalue weighted by molar-refractivity contribution is 5.75. The van der Waals surface area contributed by atoms with E-state index in [1.54, 1.807) is 44.4 Å². The third-order valence-electron chi connectivity index (χ3n) is 3.66. The van der Waals surface area contributed by atoms with E-state index >= 15 is 0 Å². The van der Waals surface area contributed by atoms with E-state index in [0.717, 1.165) is 18.4 Å². The second-order valence-electron chi connectivity index (χ2n) is 5.80. The standard InChI is InChI=1S/C19H25F3O4/c1-4-5-6-7-8-17(26-18(23)19(20,21)22)14(2)25-13-15-9-11-16(24-3)12-10-15/h7-12,14,17H,4-6,13H2,1-3H3/b8-7+/t14-,17-/m0/s1. The highest BCUT2D eigenvalue weighted by Gasteiger charge is 2.42. The van der Waals surface area contributed by atoms with Crippen LogP contribution in [0.5, 0.6) is 5.75 Å². The summed E-state index contributed by atoms with van der Waals surface area (Å²) in [6, 6.07) is 7.10. The number of halogens is 3. The van der Waals surface area contributed by atoms with Crippen molar-refractivity contribution in [3.8, 4) is 5.75 Å². The number of hydrogen-bond acceptors (Lipinski definition) is 4. The Morgan fingerprint density at radius 2 is 1.88 bits per heavy atom. The molecule has 0 bridgehead atoms. The smallest absolute Gasteiger partial charge is 0.490 e. The lowest BCUT2D eigenvalue weighted by Crippen LogP contribution is -2.35. The van der Waals surface area contributed by atoms with Crippen LogP contribution in [-0.4, -0.2) is 31.5 Å². The van der Waals surface area contributed by atoms with Crippen LogP contribution in [0.4, 0.5) is 13.2 Å². The first-order valence-electron chi connectivity index (χ1n) is 8.47. The number of ether oxygens (including phenoxy) is 3. The summed E-state index contributed by atoms with van der Waals surface area (Å²) in [5, 5.41) is 0. The van der Waals surface area contributed by atoms with Crippen molar-refractivity contribution in [2.24, 2.45) is 0 Å². The Kier molecular flexibility index (Phi) is 9.19. The second-order valence-corrected chi connectivity index (χ2v) is 5.80. The van der Waals surface area contributed by atoms with Crippen molar-refractivity contribution in [1.82, 2.24) is 0 Å². The SMILES string of the molecule is CCCC/C=C/[C@H](OC(=O)C(F)(F)F)[C@H](C)OCc1ccc(OC)cc1. The monoisotopic (exact) mass is 374 g/mol. The predicted molar refractivity (Wildman–Crippen MR) is 91.8 cm³/mol. The van der Waals surface area contributed by atoms with Gasteiger partial charge in [-0.25, -0.2) is 4.79 Å². The number of benzene rings is 1. The van der Waals surface area contributed by atoms with Crippen LogP contribution in [-0.2, 0) is 20.9 Å². The van der Waals surface area contributed by atoms with Crippen molar-refractivity contribution >= 4 is 5.97 Å². The lowest BCUT2D eigenvalue weighted by atomic mass is 10.1. The molecule has 0 aliphatic heterocycles. The van der Waals surface area contributed by atoms with Gasteiger partial charge in [-0.1, -0.05) is 38.0 Å². The fraction of sp³-hybridized carbons (Fsp3) is 0.526. The highest BCUT2D eigenvalue weighted by atomic mass is 19.4. The molecule has 0 N–H and O–H groups in total. The molecule has 0 spiro atoms. The van der Waals surface area contributed by atoms with Crippen LogP contribution >= 0.6 is 0 Å². The molecule has 146 valence electrons. The van der Waals surface area contributed by atoms with E-state index in [2.05, 4.69) is 4.74 Å². The van der Waals surface area contributed by atoms with Gasteiger partial charge < -0.3 is 14.2 Å². The Bertz CT molecular complexity index is 567. The molecule has 2 atom stereocenters. The van der Waals surface area contributed by atoms with Gasteiger partial charge in [-0.2, -0.15) is 13.2 Å². The molecular weight excluding hydrogens is 349 g/mol. The fourth-order valence-corrected chi connectivity index (χ4v) is 2.08. The Morgan fingerprint density at radius 3 is 2.42 bits per heavy atom. The molecule has 26 heavy (non-hydrogen) atoms. The lowest BCUT2D eigenvalue weighted by Gasteiger charge is -2.22. The fourth-order valence-electron chi connectivity index (χ4n) is 2.08. The van der Waals surface area contributed by atoms with Gasteiger partial charge in [0.2, 0.25) is 0 Å². The summed E-state index contributed by atoms with van der Waals surface area (Å²) in [5.74, 6) is -1.53. The topological polar surface area (TPSA) is 44.8 Å². The summed E-state index contributed by atoms with van der Waals surface area (Å²) in [6.07, 6.45) is -1.16. The molecule has 0 fully saturated rings. The molecule has 0 saturated heterocycles. The van der Waals surface area contributed by atoms with E-state index in [4.69, 9.17) is 9.47 Å². The molecule has 0 amide bonds. The molecule has 0 aliphatic rings. The maximum atomic E-state index is 12.5. The average Bonchev–Trinajstić information content (AvgIpc) is 2.61. The van der Waals surface area contributed by atoms with Gasteiger partial charge >= 0.3 is 12.1 Å². The molecule has 7 heteroatoms. The molecule has 1 aromatic carbocycles. The van der Waals surface area contributed by atoms with Crippen molar-refractivity contribution in [3.05, 3.63) is 42.0 Å². The zero-order valence-corrected chi connectivity index (χ0v) is 15.2. The van der Waals surface area contributed by atoms with E-state index in [9.17, 15) is 18.0 Å². The largest absolute Gasteiger partial charge is 0.497 e. The summed E-state index contributed by atoms with van der Waals surface area (Å²) >= 11 is 0. The Morgan fingerprint density at radius 1 is 1.23 bits per heavy atom. The molecule has 4 nitrogen and oxygen atoms in total. The maximum absolute atomic E-state index is 12.5. The van der Waals surface area contributed by atoms with Gasteiger partial charge in [0, 0.05) is 0 Å². The molecular formula is C19H25F3O4. The van der Waals surface area contributed by atoms with Crippen molar-refractivity contribution in [2.45, 2.75) is 58.1 Å². The maximum Gasteiger partial charge on any atom is 0.490 e. The first-order chi connectivity index (χ1) is 12.3. The molecule has 0 radical (unpaired) electrons. The lowest BCUT2D eigenvalue weighted by molar-refractivity contribution is -0.207. The van der Waals surface area contributed by atoms with Crippen LogP contribution in [0.3, 0.4) is 0 Å². The third kappa shape index (κ3) is 7.91. The Balaban J connectivity index is 2.69. The minimum absolute atomic E-state index is 0.175. The van der Waals surface area contributed by atoms with E-state index in [0.29, 0.717) is 12.2 Å². The van der Waals surface area contributed by atoms with Crippen molar-refractivity contribution < 1.29 is 32.2 Å². The number of carbonyl (C=O) groups excluding carboxylic acids is 1. The number of rotatable bonds is 10. The normalized spacial score (nSPS) is 14.2. The molecule has 0 heterocycles. The number of alkyl halides is 3. The minimum atomic E-state index is -5.04. The van der Waals surface area contributed by atoms with Gasteiger partial charge in [-0.05, 0) is 37.1 Å². The van der Waals surface area contributed by atoms with Gasteiger partial charge in [-0.15, -0.1) is 0 Å². The number of hydrogen-bond donors (Lipinski definition) is 0. The van der Waals surface area contributed by atoms with Crippen LogP contribution in [0.1, 0.15) is 38.7 Å². The average molecular weight is 374 g/mol. The van der Waals surface area contributed by atoms with E-state index in [-0.39, 0.29) is 6.61 Å². The number of allylic oxidation sites excluding steroid dienone is 1. The van der Waals surface area contributed by atoms with Gasteiger partial charge in [0.1, 0.15) is 11.9 Å². The van der Waals surface area contributed by atoms with E-state index < -0.39 is 24.4 Å². The summed E-state index contributed by atoms with van der Waals surface area (Å²) in [5.41, 5.74) is 0.827.